The number of anilines is 2. The summed E-state index contributed by atoms with van der Waals surface area (Å²) in [6, 6.07) is 8.39. The van der Waals surface area contributed by atoms with Crippen LogP contribution >= 0.6 is 0 Å². The second-order valence-corrected chi connectivity index (χ2v) is 4.79. The van der Waals surface area contributed by atoms with Gasteiger partial charge in [-0.05, 0) is 18.9 Å². The molecule has 2 rings (SSSR count). The van der Waals surface area contributed by atoms with Crippen LogP contribution < -0.4 is 10.6 Å². The maximum Gasteiger partial charge on any atom is 0.244 e. The molecule has 0 bridgehead atoms. The Morgan fingerprint density at radius 3 is 2.90 bits per heavy atom. The van der Waals surface area contributed by atoms with Crippen molar-refractivity contribution in [3.63, 3.8) is 0 Å². The Balaban J connectivity index is 1.91. The normalized spacial score (nSPS) is 10.3. The van der Waals surface area contributed by atoms with E-state index in [1.807, 2.05) is 0 Å². The fourth-order valence-corrected chi connectivity index (χ4v) is 1.86. The lowest BCUT2D eigenvalue weighted by Crippen LogP contribution is -2.09. The number of aromatic nitrogens is 3. The third kappa shape index (κ3) is 4.50. The molecule has 1 heterocycles. The van der Waals surface area contributed by atoms with Gasteiger partial charge in [-0.25, -0.2) is 0 Å². The van der Waals surface area contributed by atoms with Crippen molar-refractivity contribution in [1.82, 2.24) is 15.2 Å². The summed E-state index contributed by atoms with van der Waals surface area (Å²) in [7, 11) is 0. The number of rotatable bonds is 7. The van der Waals surface area contributed by atoms with Crippen LogP contribution in [-0.4, -0.2) is 21.7 Å². The highest BCUT2D eigenvalue weighted by molar-refractivity contribution is 5.38. The minimum atomic E-state index is 0.577. The quantitative estimate of drug-likeness (QED) is 0.758. The average molecular weight is 271 g/mol. The summed E-state index contributed by atoms with van der Waals surface area (Å²) in [6.45, 7) is 5.85. The van der Waals surface area contributed by atoms with Gasteiger partial charge >= 0.3 is 0 Å². The van der Waals surface area contributed by atoms with Gasteiger partial charge in [0.1, 0.15) is 0 Å². The van der Waals surface area contributed by atoms with Crippen LogP contribution in [0.3, 0.4) is 0 Å². The molecule has 5 heteroatoms. The molecule has 0 aliphatic heterocycles. The lowest BCUT2D eigenvalue weighted by molar-refractivity contribution is 0.819. The van der Waals surface area contributed by atoms with Gasteiger partial charge in [-0.3, -0.25) is 0 Å². The SMILES string of the molecule is CCCCNc1nncc(NCc2cccc(C)c2)n1. The van der Waals surface area contributed by atoms with Crippen molar-refractivity contribution < 1.29 is 0 Å². The monoisotopic (exact) mass is 271 g/mol. The Morgan fingerprint density at radius 1 is 1.20 bits per heavy atom. The molecule has 2 aromatic rings. The summed E-state index contributed by atoms with van der Waals surface area (Å²) in [6.07, 6.45) is 3.89. The standard InChI is InChI=1S/C15H21N5/c1-3-4-8-16-15-19-14(11-18-20-15)17-10-13-7-5-6-12(2)9-13/h5-7,9,11H,3-4,8,10H2,1-2H3,(H2,16,17,19,20). The minimum absolute atomic E-state index is 0.577. The summed E-state index contributed by atoms with van der Waals surface area (Å²) in [5.41, 5.74) is 2.48. The number of hydrogen-bond donors (Lipinski definition) is 2. The third-order valence-corrected chi connectivity index (χ3v) is 2.93. The van der Waals surface area contributed by atoms with E-state index in [0.717, 1.165) is 31.7 Å². The number of unbranched alkanes of at least 4 members (excludes halogenated alkanes) is 1. The van der Waals surface area contributed by atoms with E-state index >= 15 is 0 Å². The predicted octanol–water partition coefficient (Wildman–Crippen LogP) is 3.00. The van der Waals surface area contributed by atoms with Crippen molar-refractivity contribution in [2.24, 2.45) is 0 Å². The van der Waals surface area contributed by atoms with Crippen LogP contribution in [0.5, 0.6) is 0 Å². The number of hydrogen-bond acceptors (Lipinski definition) is 5. The Kier molecular flexibility index (Phi) is 5.29. The van der Waals surface area contributed by atoms with E-state index < -0.39 is 0 Å². The van der Waals surface area contributed by atoms with Gasteiger partial charge in [-0.1, -0.05) is 43.2 Å². The second-order valence-electron chi connectivity index (χ2n) is 4.79. The molecule has 106 valence electrons. The van der Waals surface area contributed by atoms with Crippen molar-refractivity contribution in [3.8, 4) is 0 Å². The second kappa shape index (κ2) is 7.43. The number of nitrogens with zero attached hydrogens (tertiary/aromatic N) is 3. The molecule has 0 spiro atoms. The van der Waals surface area contributed by atoms with Crippen molar-refractivity contribution in [2.45, 2.75) is 33.2 Å². The predicted molar refractivity (Wildman–Crippen MR) is 81.7 cm³/mol. The van der Waals surface area contributed by atoms with Gasteiger partial charge in [0.05, 0.1) is 6.20 Å². The minimum Gasteiger partial charge on any atom is -0.365 e. The highest BCUT2D eigenvalue weighted by atomic mass is 15.3. The van der Waals surface area contributed by atoms with Crippen molar-refractivity contribution in [2.75, 3.05) is 17.2 Å². The van der Waals surface area contributed by atoms with Gasteiger partial charge in [0.25, 0.3) is 0 Å². The van der Waals surface area contributed by atoms with E-state index in [1.165, 1.54) is 11.1 Å². The summed E-state index contributed by atoms with van der Waals surface area (Å²) in [4.78, 5) is 4.39. The molecular weight excluding hydrogens is 250 g/mol. The van der Waals surface area contributed by atoms with Crippen molar-refractivity contribution >= 4 is 11.8 Å². The maximum absolute atomic E-state index is 4.39. The zero-order chi connectivity index (χ0) is 14.2. The Hall–Kier alpha value is -2.17. The summed E-state index contributed by atoms with van der Waals surface area (Å²) < 4.78 is 0. The lowest BCUT2D eigenvalue weighted by Gasteiger charge is -2.08. The van der Waals surface area contributed by atoms with E-state index in [9.17, 15) is 0 Å². The van der Waals surface area contributed by atoms with Gasteiger partial charge < -0.3 is 10.6 Å². The molecule has 0 aliphatic carbocycles. The van der Waals surface area contributed by atoms with Crippen molar-refractivity contribution in [1.29, 1.82) is 0 Å². The van der Waals surface area contributed by atoms with Crippen LogP contribution in [0.15, 0.2) is 30.5 Å². The molecule has 1 aromatic heterocycles. The van der Waals surface area contributed by atoms with Crippen LogP contribution in [0.1, 0.15) is 30.9 Å². The zero-order valence-corrected chi connectivity index (χ0v) is 12.1. The van der Waals surface area contributed by atoms with E-state index in [-0.39, 0.29) is 0 Å². The molecule has 0 saturated carbocycles. The highest BCUT2D eigenvalue weighted by Gasteiger charge is 2.00. The first kappa shape index (κ1) is 14.2. The lowest BCUT2D eigenvalue weighted by atomic mass is 10.1. The molecule has 20 heavy (non-hydrogen) atoms. The number of benzene rings is 1. The van der Waals surface area contributed by atoms with Crippen LogP contribution in [0.25, 0.3) is 0 Å². The first-order valence-electron chi connectivity index (χ1n) is 7.01. The molecule has 2 N–H and O–H groups in total. The van der Waals surface area contributed by atoms with Gasteiger partial charge in [0, 0.05) is 13.1 Å². The third-order valence-electron chi connectivity index (χ3n) is 2.93. The molecular formula is C15H21N5. The van der Waals surface area contributed by atoms with Gasteiger partial charge in [0.15, 0.2) is 5.82 Å². The largest absolute Gasteiger partial charge is 0.365 e. The Bertz CT molecular complexity index is 541. The van der Waals surface area contributed by atoms with E-state index in [1.54, 1.807) is 6.20 Å². The molecule has 0 saturated heterocycles. The molecule has 1 aromatic carbocycles. The smallest absolute Gasteiger partial charge is 0.244 e. The highest BCUT2D eigenvalue weighted by Crippen LogP contribution is 2.08. The van der Waals surface area contributed by atoms with Gasteiger partial charge in [0.2, 0.25) is 5.95 Å². The Morgan fingerprint density at radius 2 is 2.10 bits per heavy atom. The number of nitrogens with one attached hydrogen (secondary N) is 2. The molecule has 0 aliphatic rings. The summed E-state index contributed by atoms with van der Waals surface area (Å²) >= 11 is 0. The van der Waals surface area contributed by atoms with Gasteiger partial charge in [-0.2, -0.15) is 10.1 Å². The maximum atomic E-state index is 4.39. The molecule has 0 fully saturated rings. The van der Waals surface area contributed by atoms with Crippen LogP contribution in [-0.2, 0) is 6.54 Å². The summed E-state index contributed by atoms with van der Waals surface area (Å²) in [5.74, 6) is 1.31. The van der Waals surface area contributed by atoms with Crippen LogP contribution in [0, 0.1) is 6.92 Å². The first-order chi connectivity index (χ1) is 9.78. The molecule has 0 radical (unpaired) electrons. The Labute approximate surface area is 119 Å². The van der Waals surface area contributed by atoms with E-state index in [2.05, 4.69) is 63.9 Å². The van der Waals surface area contributed by atoms with Crippen molar-refractivity contribution in [3.05, 3.63) is 41.6 Å². The zero-order valence-electron chi connectivity index (χ0n) is 12.1. The van der Waals surface area contributed by atoms with E-state index in [4.69, 9.17) is 0 Å². The fraction of sp³-hybridized carbons (Fsp3) is 0.400. The van der Waals surface area contributed by atoms with E-state index in [0.29, 0.717) is 5.95 Å². The summed E-state index contributed by atoms with van der Waals surface area (Å²) in [5, 5.41) is 14.4. The first-order valence-corrected chi connectivity index (χ1v) is 7.01. The van der Waals surface area contributed by atoms with Crippen LogP contribution in [0.2, 0.25) is 0 Å². The molecule has 5 nitrogen and oxygen atoms in total. The fourth-order valence-electron chi connectivity index (χ4n) is 1.86. The molecule has 0 amide bonds. The molecule has 0 atom stereocenters. The van der Waals surface area contributed by atoms with Gasteiger partial charge in [-0.15, -0.1) is 5.10 Å². The number of aryl methyl sites for hydroxylation is 1. The average Bonchev–Trinajstić information content (AvgIpc) is 2.46. The molecule has 0 unspecified atom stereocenters. The topological polar surface area (TPSA) is 62.7 Å². The van der Waals surface area contributed by atoms with Crippen LogP contribution in [0.4, 0.5) is 11.8 Å².